The Balaban J connectivity index is 2.37. The molecule has 10 heteroatoms. The number of halogens is 2. The summed E-state index contributed by atoms with van der Waals surface area (Å²) < 4.78 is 1.52. The Hall–Kier alpha value is -1.22. The van der Waals surface area contributed by atoms with Crippen molar-refractivity contribution in [2.45, 2.75) is 30.1 Å². The summed E-state index contributed by atoms with van der Waals surface area (Å²) in [6.07, 6.45) is 0.810. The lowest BCUT2D eigenvalue weighted by atomic mass is 10.4. The molecule has 0 aliphatic carbocycles. The highest BCUT2D eigenvalue weighted by Crippen LogP contribution is 2.34. The van der Waals surface area contributed by atoms with Crippen LogP contribution in [0.3, 0.4) is 0 Å². The third-order valence-corrected chi connectivity index (χ3v) is 4.08. The Morgan fingerprint density at radius 2 is 2.25 bits per heavy atom. The van der Waals surface area contributed by atoms with Crippen molar-refractivity contribution in [3.63, 3.8) is 0 Å². The summed E-state index contributed by atoms with van der Waals surface area (Å²) in [5, 5.41) is 7.97. The van der Waals surface area contributed by atoms with E-state index in [-0.39, 0.29) is 5.69 Å². The van der Waals surface area contributed by atoms with Gasteiger partial charge in [0.05, 0.1) is 10.0 Å². The molecule has 0 bridgehead atoms. The van der Waals surface area contributed by atoms with Crippen molar-refractivity contribution < 1.29 is 0 Å². The Kier molecular flexibility index (Phi) is 4.92. The summed E-state index contributed by atoms with van der Waals surface area (Å²) in [6.45, 7) is 2.53. The molecule has 0 aliphatic heterocycles. The van der Waals surface area contributed by atoms with E-state index < -0.39 is 0 Å². The fourth-order valence-corrected chi connectivity index (χ4v) is 2.88. The number of anilines is 1. The highest BCUT2D eigenvalue weighted by Gasteiger charge is 2.15. The summed E-state index contributed by atoms with van der Waals surface area (Å²) in [7, 11) is 0. The number of rotatable bonds is 5. The summed E-state index contributed by atoms with van der Waals surface area (Å²) in [6, 6.07) is 1.53. The Morgan fingerprint density at radius 3 is 2.90 bits per heavy atom. The number of hydrazine groups is 1. The van der Waals surface area contributed by atoms with E-state index in [1.165, 1.54) is 10.6 Å². The second-order valence-electron chi connectivity index (χ2n) is 3.82. The maximum atomic E-state index is 11.6. The molecule has 2 rings (SSSR count). The van der Waals surface area contributed by atoms with Crippen LogP contribution in [0.2, 0.25) is 10.0 Å². The van der Waals surface area contributed by atoms with Crippen molar-refractivity contribution in [3.05, 3.63) is 26.6 Å². The van der Waals surface area contributed by atoms with Crippen molar-refractivity contribution in [2.75, 3.05) is 5.43 Å². The lowest BCUT2D eigenvalue weighted by molar-refractivity contribution is 0.603. The molecular weight excluding hydrogens is 323 g/mol. The first kappa shape index (κ1) is 15.2. The molecule has 0 saturated carbocycles. The molecule has 108 valence electrons. The van der Waals surface area contributed by atoms with Gasteiger partial charge in [-0.2, -0.15) is 0 Å². The summed E-state index contributed by atoms with van der Waals surface area (Å²) in [5.41, 5.74) is 2.11. The number of nitrogens with zero attached hydrogens (tertiary/aromatic N) is 3. The zero-order valence-corrected chi connectivity index (χ0v) is 12.8. The second kappa shape index (κ2) is 6.49. The van der Waals surface area contributed by atoms with Gasteiger partial charge in [-0.15, -0.1) is 5.10 Å². The molecule has 0 atom stereocenters. The number of pyridine rings is 1. The lowest BCUT2D eigenvalue weighted by Gasteiger charge is -2.08. The van der Waals surface area contributed by atoms with Crippen LogP contribution in [0.4, 0.5) is 5.82 Å². The molecule has 2 aromatic rings. The zero-order chi connectivity index (χ0) is 14.7. The number of hydrogen-bond acceptors (Lipinski definition) is 6. The van der Waals surface area contributed by atoms with E-state index in [0.29, 0.717) is 32.6 Å². The van der Waals surface area contributed by atoms with Gasteiger partial charge in [-0.3, -0.25) is 4.57 Å². The van der Waals surface area contributed by atoms with E-state index in [9.17, 15) is 4.79 Å². The number of nitrogens with one attached hydrogen (secondary N) is 2. The van der Waals surface area contributed by atoms with Crippen LogP contribution in [0, 0.1) is 0 Å². The molecule has 4 N–H and O–H groups in total. The molecule has 20 heavy (non-hydrogen) atoms. The number of H-pyrrole nitrogens is 1. The minimum absolute atomic E-state index is 0.267. The average molecular weight is 335 g/mol. The number of nitrogen functional groups attached to an aromatic ring is 1. The normalized spacial score (nSPS) is 10.8. The van der Waals surface area contributed by atoms with Crippen molar-refractivity contribution in [1.82, 2.24) is 19.7 Å². The van der Waals surface area contributed by atoms with Crippen LogP contribution in [0.5, 0.6) is 0 Å². The van der Waals surface area contributed by atoms with Gasteiger partial charge < -0.3 is 5.43 Å². The largest absolute Gasteiger partial charge is 0.343 e. The van der Waals surface area contributed by atoms with E-state index >= 15 is 0 Å². The Labute approximate surface area is 128 Å². The molecule has 0 radical (unpaired) electrons. The predicted molar refractivity (Wildman–Crippen MR) is 79.3 cm³/mol. The molecule has 0 amide bonds. The molecular formula is C10H12Cl2N6OS. The predicted octanol–water partition coefficient (Wildman–Crippen LogP) is 2.12. The van der Waals surface area contributed by atoms with Crippen LogP contribution in [0.1, 0.15) is 13.3 Å². The van der Waals surface area contributed by atoms with Gasteiger partial charge in [-0.25, -0.2) is 20.7 Å². The van der Waals surface area contributed by atoms with Crippen LogP contribution >= 0.6 is 35.0 Å². The van der Waals surface area contributed by atoms with Crippen molar-refractivity contribution in [3.8, 4) is 0 Å². The summed E-state index contributed by atoms with van der Waals surface area (Å²) in [4.78, 5) is 15.8. The quantitative estimate of drug-likeness (QED) is 0.571. The van der Waals surface area contributed by atoms with E-state index in [0.717, 1.165) is 18.2 Å². The van der Waals surface area contributed by atoms with E-state index in [2.05, 4.69) is 20.6 Å². The van der Waals surface area contributed by atoms with Crippen LogP contribution in [-0.2, 0) is 6.54 Å². The second-order valence-corrected chi connectivity index (χ2v) is 5.59. The van der Waals surface area contributed by atoms with Crippen molar-refractivity contribution >= 4 is 40.8 Å². The monoisotopic (exact) mass is 334 g/mol. The lowest BCUT2D eigenvalue weighted by Crippen LogP contribution is -2.17. The van der Waals surface area contributed by atoms with Crippen LogP contribution < -0.4 is 17.0 Å². The topological polar surface area (TPSA) is 102 Å². The molecule has 0 fully saturated rings. The third-order valence-electron chi connectivity index (χ3n) is 2.39. The van der Waals surface area contributed by atoms with Crippen LogP contribution in [0.25, 0.3) is 0 Å². The van der Waals surface area contributed by atoms with Crippen molar-refractivity contribution in [2.24, 2.45) is 5.84 Å². The van der Waals surface area contributed by atoms with Gasteiger partial charge >= 0.3 is 5.69 Å². The number of hydrogen-bond donors (Lipinski definition) is 3. The summed E-state index contributed by atoms with van der Waals surface area (Å²) >= 11 is 13.2. The zero-order valence-electron chi connectivity index (χ0n) is 10.5. The first-order valence-corrected chi connectivity index (χ1v) is 7.29. The fourth-order valence-electron chi connectivity index (χ4n) is 1.51. The fraction of sp³-hybridized carbons (Fsp3) is 0.300. The van der Waals surface area contributed by atoms with Gasteiger partial charge in [0.1, 0.15) is 5.03 Å². The Bertz CT molecular complexity index is 670. The van der Waals surface area contributed by atoms with E-state index in [4.69, 9.17) is 29.0 Å². The van der Waals surface area contributed by atoms with Crippen LogP contribution in [-0.4, -0.2) is 19.7 Å². The Morgan fingerprint density at radius 1 is 1.50 bits per heavy atom. The number of aromatic amines is 1. The molecule has 0 aliphatic rings. The first-order chi connectivity index (χ1) is 9.56. The maximum absolute atomic E-state index is 11.6. The third kappa shape index (κ3) is 3.09. The minimum atomic E-state index is -0.267. The molecule has 7 nitrogen and oxygen atoms in total. The highest BCUT2D eigenvalue weighted by molar-refractivity contribution is 7.99. The van der Waals surface area contributed by atoms with E-state index in [1.54, 1.807) is 0 Å². The van der Waals surface area contributed by atoms with Gasteiger partial charge in [-0.05, 0) is 24.2 Å². The molecule has 0 saturated heterocycles. The van der Waals surface area contributed by atoms with Gasteiger partial charge in [0, 0.05) is 6.54 Å². The highest BCUT2D eigenvalue weighted by atomic mass is 35.5. The minimum Gasteiger partial charge on any atom is -0.307 e. The smallest absolute Gasteiger partial charge is 0.307 e. The first-order valence-electron chi connectivity index (χ1n) is 5.72. The van der Waals surface area contributed by atoms with Gasteiger partial charge in [0.15, 0.2) is 11.0 Å². The molecule has 0 aromatic carbocycles. The molecule has 2 aromatic heterocycles. The SMILES string of the molecule is CCCn1c(Sc2nc(NN)c(Cl)cc2Cl)n[nH]c1=O. The van der Waals surface area contributed by atoms with Gasteiger partial charge in [-0.1, -0.05) is 30.1 Å². The van der Waals surface area contributed by atoms with Crippen LogP contribution in [0.15, 0.2) is 21.0 Å². The average Bonchev–Trinajstić information content (AvgIpc) is 2.75. The summed E-state index contributed by atoms with van der Waals surface area (Å²) in [5.74, 6) is 5.62. The van der Waals surface area contributed by atoms with E-state index in [1.807, 2.05) is 6.92 Å². The van der Waals surface area contributed by atoms with Gasteiger partial charge in [0.2, 0.25) is 0 Å². The molecule has 2 heterocycles. The molecule has 0 spiro atoms. The number of nitrogens with two attached hydrogens (primary N) is 1. The molecule has 0 unspecified atom stereocenters. The maximum Gasteiger partial charge on any atom is 0.343 e. The van der Waals surface area contributed by atoms with Crippen molar-refractivity contribution in [1.29, 1.82) is 0 Å². The van der Waals surface area contributed by atoms with Gasteiger partial charge in [0.25, 0.3) is 0 Å². The number of aromatic nitrogens is 4. The standard InChI is InChI=1S/C10H12Cl2N6OS/c1-2-3-18-9(19)16-17-10(18)20-8-6(12)4-5(11)7(14-8)15-13/h4H,2-3,13H2,1H3,(H,14,15)(H,16,19).